The lowest BCUT2D eigenvalue weighted by Crippen LogP contribution is -2.32. The number of ketones is 1. The van der Waals surface area contributed by atoms with Gasteiger partial charge in [-0.2, -0.15) is 0 Å². The molecule has 0 radical (unpaired) electrons. The van der Waals surface area contributed by atoms with E-state index in [0.29, 0.717) is 5.01 Å². The van der Waals surface area contributed by atoms with Crippen LogP contribution in [0.5, 0.6) is 0 Å². The molecule has 1 aromatic rings. The van der Waals surface area contributed by atoms with Gasteiger partial charge in [0.1, 0.15) is 5.01 Å². The second-order valence-corrected chi connectivity index (χ2v) is 5.29. The molecule has 0 aromatic carbocycles. The number of hydrogen-bond acceptors (Lipinski definition) is 8. The molecule has 2 heterocycles. The standard InChI is InChI=1S/C13H14N2O6S/c1-4-19-12(18)15-10-8(20-7(2)16)9(17)13(3,21-10)11-14-5-6-22-11/h5-6H,4H2,1-3H3,(H,15,18). The van der Waals surface area contributed by atoms with Crippen molar-refractivity contribution < 1.29 is 28.6 Å². The van der Waals surface area contributed by atoms with Crippen LogP contribution in [0.2, 0.25) is 0 Å². The molecular weight excluding hydrogens is 312 g/mol. The zero-order chi connectivity index (χ0) is 16.3. The molecule has 2 rings (SSSR count). The number of hydrogen-bond donors (Lipinski definition) is 1. The van der Waals surface area contributed by atoms with Crippen molar-refractivity contribution in [2.45, 2.75) is 26.4 Å². The number of Topliss-reactive ketones (excluding diaryl/α,β-unsaturated/α-hetero) is 1. The number of aromatic nitrogens is 1. The van der Waals surface area contributed by atoms with Gasteiger partial charge in [-0.05, 0) is 13.8 Å². The lowest BCUT2D eigenvalue weighted by molar-refractivity contribution is -0.142. The molecule has 1 atom stereocenters. The Hall–Kier alpha value is -2.42. The van der Waals surface area contributed by atoms with Gasteiger partial charge in [-0.1, -0.05) is 0 Å². The van der Waals surface area contributed by atoms with Crippen LogP contribution in [-0.4, -0.2) is 29.4 Å². The van der Waals surface area contributed by atoms with Gasteiger partial charge in [-0.25, -0.2) is 9.78 Å². The van der Waals surface area contributed by atoms with E-state index in [2.05, 4.69) is 10.3 Å². The Labute approximate surface area is 130 Å². The number of carbonyl (C=O) groups excluding carboxylic acids is 3. The van der Waals surface area contributed by atoms with Crippen LogP contribution < -0.4 is 5.32 Å². The van der Waals surface area contributed by atoms with Crippen molar-refractivity contribution in [3.8, 4) is 0 Å². The van der Waals surface area contributed by atoms with Gasteiger partial charge in [-0.15, -0.1) is 11.3 Å². The third kappa shape index (κ3) is 2.93. The fraction of sp³-hybridized carbons (Fsp3) is 0.385. The molecule has 0 saturated heterocycles. The lowest BCUT2D eigenvalue weighted by atomic mass is 10.0. The minimum Gasteiger partial charge on any atom is -0.454 e. The van der Waals surface area contributed by atoms with Crippen LogP contribution in [0.1, 0.15) is 25.8 Å². The quantitative estimate of drug-likeness (QED) is 0.835. The summed E-state index contributed by atoms with van der Waals surface area (Å²) in [5.41, 5.74) is -1.46. The predicted octanol–water partition coefficient (Wildman–Crippen LogP) is 1.44. The number of nitrogens with zero attached hydrogens (tertiary/aromatic N) is 1. The molecule has 0 fully saturated rings. The van der Waals surface area contributed by atoms with E-state index in [1.807, 2.05) is 0 Å². The van der Waals surface area contributed by atoms with E-state index in [0.717, 1.165) is 6.92 Å². The number of ether oxygens (including phenoxy) is 3. The Bertz CT molecular complexity index is 639. The molecule has 0 aliphatic carbocycles. The topological polar surface area (TPSA) is 104 Å². The van der Waals surface area contributed by atoms with Gasteiger partial charge < -0.3 is 14.2 Å². The highest BCUT2D eigenvalue weighted by Crippen LogP contribution is 2.39. The summed E-state index contributed by atoms with van der Waals surface area (Å²) >= 11 is 1.21. The van der Waals surface area contributed by atoms with Gasteiger partial charge in [-0.3, -0.25) is 14.9 Å². The second kappa shape index (κ2) is 6.14. The van der Waals surface area contributed by atoms with Gasteiger partial charge in [0.05, 0.1) is 6.61 Å². The van der Waals surface area contributed by atoms with Crippen molar-refractivity contribution in [3.63, 3.8) is 0 Å². The number of esters is 1. The first-order valence-electron chi connectivity index (χ1n) is 6.38. The zero-order valence-corrected chi connectivity index (χ0v) is 13.0. The highest BCUT2D eigenvalue weighted by molar-refractivity contribution is 7.09. The van der Waals surface area contributed by atoms with Crippen molar-refractivity contribution in [2.24, 2.45) is 0 Å². The number of thiazole rings is 1. The van der Waals surface area contributed by atoms with Crippen molar-refractivity contribution >= 4 is 29.2 Å². The molecule has 0 bridgehead atoms. The molecule has 1 aliphatic heterocycles. The highest BCUT2D eigenvalue weighted by Gasteiger charge is 2.51. The molecule has 1 N–H and O–H groups in total. The van der Waals surface area contributed by atoms with E-state index < -0.39 is 23.4 Å². The summed E-state index contributed by atoms with van der Waals surface area (Å²) in [7, 11) is 0. The van der Waals surface area contributed by atoms with Crippen LogP contribution in [0.15, 0.2) is 23.2 Å². The maximum absolute atomic E-state index is 12.5. The van der Waals surface area contributed by atoms with Crippen LogP contribution in [0, 0.1) is 0 Å². The third-order valence-corrected chi connectivity index (χ3v) is 3.71. The van der Waals surface area contributed by atoms with E-state index in [1.54, 1.807) is 12.3 Å². The molecule has 9 heteroatoms. The van der Waals surface area contributed by atoms with E-state index in [4.69, 9.17) is 14.2 Å². The fourth-order valence-electron chi connectivity index (χ4n) is 1.79. The van der Waals surface area contributed by atoms with Crippen LogP contribution in [0.4, 0.5) is 4.79 Å². The Morgan fingerprint density at radius 3 is 2.77 bits per heavy atom. The second-order valence-electron chi connectivity index (χ2n) is 4.40. The Balaban J connectivity index is 2.33. The monoisotopic (exact) mass is 326 g/mol. The van der Waals surface area contributed by atoms with Gasteiger partial charge >= 0.3 is 12.1 Å². The molecule has 1 unspecified atom stereocenters. The Morgan fingerprint density at radius 2 is 2.23 bits per heavy atom. The minimum absolute atomic E-state index is 0.139. The largest absolute Gasteiger partial charge is 0.454 e. The Kier molecular flexibility index (Phi) is 4.45. The zero-order valence-electron chi connectivity index (χ0n) is 12.2. The van der Waals surface area contributed by atoms with Gasteiger partial charge in [0.15, 0.2) is 0 Å². The Morgan fingerprint density at radius 1 is 1.50 bits per heavy atom. The maximum Gasteiger partial charge on any atom is 0.414 e. The summed E-state index contributed by atoms with van der Waals surface area (Å²) in [6, 6.07) is 0. The molecule has 0 spiro atoms. The van der Waals surface area contributed by atoms with Crippen molar-refractivity contribution in [3.05, 3.63) is 28.2 Å². The summed E-state index contributed by atoms with van der Waals surface area (Å²) in [4.78, 5) is 39.3. The van der Waals surface area contributed by atoms with Crippen LogP contribution in [-0.2, 0) is 29.4 Å². The summed E-state index contributed by atoms with van der Waals surface area (Å²) in [6.07, 6.45) is 0.697. The molecule has 1 aromatic heterocycles. The molecule has 22 heavy (non-hydrogen) atoms. The molecule has 0 saturated carbocycles. The summed E-state index contributed by atoms with van der Waals surface area (Å²) in [5.74, 6) is -1.96. The van der Waals surface area contributed by atoms with Crippen molar-refractivity contribution in [1.29, 1.82) is 0 Å². The van der Waals surface area contributed by atoms with E-state index in [-0.39, 0.29) is 18.2 Å². The normalized spacial score (nSPS) is 20.6. The third-order valence-electron chi connectivity index (χ3n) is 2.73. The molecule has 118 valence electrons. The highest BCUT2D eigenvalue weighted by atomic mass is 32.1. The van der Waals surface area contributed by atoms with E-state index in [9.17, 15) is 14.4 Å². The van der Waals surface area contributed by atoms with Gasteiger partial charge in [0.2, 0.25) is 17.2 Å². The molecule has 1 amide bonds. The number of rotatable bonds is 4. The number of amides is 1. The molecule has 1 aliphatic rings. The fourth-order valence-corrected chi connectivity index (χ4v) is 2.53. The average Bonchev–Trinajstić information content (AvgIpc) is 3.03. The molecule has 8 nitrogen and oxygen atoms in total. The SMILES string of the molecule is CCOC(=O)NC1=C(OC(C)=O)C(=O)C(C)(c2nccs2)O1. The van der Waals surface area contributed by atoms with Crippen LogP contribution in [0.3, 0.4) is 0 Å². The first-order chi connectivity index (χ1) is 10.4. The number of carbonyl (C=O) groups is 3. The van der Waals surface area contributed by atoms with E-state index >= 15 is 0 Å². The molecular formula is C13H14N2O6S. The van der Waals surface area contributed by atoms with Crippen molar-refractivity contribution in [2.75, 3.05) is 6.61 Å². The van der Waals surface area contributed by atoms with Gasteiger partial charge in [0.25, 0.3) is 5.78 Å². The summed E-state index contributed by atoms with van der Waals surface area (Å²) in [6.45, 7) is 4.39. The lowest BCUT2D eigenvalue weighted by Gasteiger charge is -2.20. The van der Waals surface area contributed by atoms with Crippen molar-refractivity contribution in [1.82, 2.24) is 10.3 Å². The number of alkyl carbamates (subject to hydrolysis) is 1. The first-order valence-corrected chi connectivity index (χ1v) is 7.26. The minimum atomic E-state index is -1.46. The maximum atomic E-state index is 12.5. The van der Waals surface area contributed by atoms with Crippen LogP contribution in [0.25, 0.3) is 0 Å². The van der Waals surface area contributed by atoms with Gasteiger partial charge in [0, 0.05) is 18.5 Å². The smallest absolute Gasteiger partial charge is 0.414 e. The average molecular weight is 326 g/mol. The van der Waals surface area contributed by atoms with Crippen LogP contribution >= 0.6 is 11.3 Å². The predicted molar refractivity (Wildman–Crippen MR) is 74.5 cm³/mol. The van der Waals surface area contributed by atoms with E-state index in [1.165, 1.54) is 24.5 Å². The first kappa shape index (κ1) is 16.0. The summed E-state index contributed by atoms with van der Waals surface area (Å²) in [5, 5.41) is 4.32. The summed E-state index contributed by atoms with van der Waals surface area (Å²) < 4.78 is 15.1. The number of nitrogens with one attached hydrogen (secondary N) is 1.